The molecule has 0 saturated carbocycles. The van der Waals surface area contributed by atoms with E-state index in [4.69, 9.17) is 5.73 Å². The van der Waals surface area contributed by atoms with Gasteiger partial charge in [0.2, 0.25) is 11.8 Å². The van der Waals surface area contributed by atoms with E-state index in [9.17, 15) is 19.5 Å². The summed E-state index contributed by atoms with van der Waals surface area (Å²) in [5, 5.41) is 14.2. The van der Waals surface area contributed by atoms with Crippen molar-refractivity contribution in [3.63, 3.8) is 0 Å². The number of rotatable bonds is 10. The third-order valence-corrected chi connectivity index (χ3v) is 4.04. The number of hydrogen-bond donors (Lipinski definition) is 4. The van der Waals surface area contributed by atoms with E-state index < -0.39 is 29.9 Å². The van der Waals surface area contributed by atoms with Gasteiger partial charge < -0.3 is 26.0 Å². The second-order valence-corrected chi connectivity index (χ2v) is 6.19. The van der Waals surface area contributed by atoms with Crippen molar-refractivity contribution in [1.29, 1.82) is 0 Å². The van der Waals surface area contributed by atoms with Crippen LogP contribution in [0.1, 0.15) is 12.1 Å². The molecule has 1 heterocycles. The van der Waals surface area contributed by atoms with Crippen LogP contribution in [0.2, 0.25) is 0 Å². The first-order chi connectivity index (χ1) is 11.4. The summed E-state index contributed by atoms with van der Waals surface area (Å²) in [5.41, 5.74) is 6.01. The van der Waals surface area contributed by atoms with Gasteiger partial charge in [0.05, 0.1) is 12.9 Å². The van der Waals surface area contributed by atoms with Crippen LogP contribution in [0.3, 0.4) is 0 Å². The average Bonchev–Trinajstić information content (AvgIpc) is 2.95. The summed E-state index contributed by atoms with van der Waals surface area (Å²) in [6.45, 7) is -0.260. The number of imidazole rings is 1. The molecule has 10 heteroatoms. The third-order valence-electron chi connectivity index (χ3n) is 3.39. The number of carbonyl (C=O) groups excluding carboxylic acids is 2. The highest BCUT2D eigenvalue weighted by molar-refractivity contribution is 7.98. The average molecular weight is 357 g/mol. The van der Waals surface area contributed by atoms with Crippen molar-refractivity contribution < 1.29 is 19.5 Å². The Hall–Kier alpha value is -2.07. The van der Waals surface area contributed by atoms with Gasteiger partial charge in [-0.1, -0.05) is 0 Å². The Bertz CT molecular complexity index is 577. The van der Waals surface area contributed by atoms with Gasteiger partial charge in [-0.05, 0) is 18.4 Å². The SMILES string of the molecule is CSCCC(NC(=O)C(Cc1cncn1C)NC(=O)CN)C(=O)O. The standard InChI is InChI=1S/C14H23N5O4S/c1-19-8-16-7-9(19)5-11(17-12(20)6-15)13(21)18-10(14(22)23)3-4-24-2/h7-8,10-11H,3-6,15H2,1-2H3,(H,17,20)(H,18,21)(H,22,23). The van der Waals surface area contributed by atoms with E-state index in [0.717, 1.165) is 5.69 Å². The molecule has 0 radical (unpaired) electrons. The molecule has 0 fully saturated rings. The van der Waals surface area contributed by atoms with Crippen LogP contribution < -0.4 is 16.4 Å². The lowest BCUT2D eigenvalue weighted by atomic mass is 10.1. The molecular weight excluding hydrogens is 334 g/mol. The van der Waals surface area contributed by atoms with Crippen LogP contribution in [0.5, 0.6) is 0 Å². The van der Waals surface area contributed by atoms with E-state index in [1.54, 1.807) is 24.1 Å². The minimum Gasteiger partial charge on any atom is -0.480 e. The first-order valence-electron chi connectivity index (χ1n) is 7.35. The molecule has 24 heavy (non-hydrogen) atoms. The number of thioether (sulfide) groups is 1. The molecule has 2 atom stereocenters. The Morgan fingerprint density at radius 2 is 2.08 bits per heavy atom. The third kappa shape index (κ3) is 6.20. The van der Waals surface area contributed by atoms with Crippen LogP contribution in [0.4, 0.5) is 0 Å². The first kappa shape index (κ1) is 20.0. The van der Waals surface area contributed by atoms with Crippen molar-refractivity contribution in [1.82, 2.24) is 20.2 Å². The van der Waals surface area contributed by atoms with E-state index in [-0.39, 0.29) is 13.0 Å². The smallest absolute Gasteiger partial charge is 0.326 e. The Balaban J connectivity index is 2.83. The molecule has 1 rings (SSSR count). The fraction of sp³-hybridized carbons (Fsp3) is 0.571. The van der Waals surface area contributed by atoms with Gasteiger partial charge in [-0.15, -0.1) is 0 Å². The van der Waals surface area contributed by atoms with E-state index in [1.165, 1.54) is 11.8 Å². The molecule has 2 amide bonds. The number of carboxylic acid groups (broad SMARTS) is 1. The van der Waals surface area contributed by atoms with Gasteiger partial charge in [0.1, 0.15) is 12.1 Å². The number of hydrogen-bond acceptors (Lipinski definition) is 6. The second-order valence-electron chi connectivity index (χ2n) is 5.21. The summed E-state index contributed by atoms with van der Waals surface area (Å²) in [5.74, 6) is -1.57. The number of nitrogens with one attached hydrogen (secondary N) is 2. The highest BCUT2D eigenvalue weighted by atomic mass is 32.2. The molecule has 134 valence electrons. The van der Waals surface area contributed by atoms with Gasteiger partial charge in [0, 0.05) is 25.4 Å². The molecular formula is C14H23N5O4S. The van der Waals surface area contributed by atoms with Crippen molar-refractivity contribution in [3.8, 4) is 0 Å². The number of amides is 2. The number of carbonyl (C=O) groups is 3. The second kappa shape index (κ2) is 9.93. The first-order valence-corrected chi connectivity index (χ1v) is 8.75. The minimum absolute atomic E-state index is 0.183. The molecule has 0 aromatic carbocycles. The predicted molar refractivity (Wildman–Crippen MR) is 90.5 cm³/mol. The van der Waals surface area contributed by atoms with Gasteiger partial charge >= 0.3 is 5.97 Å². The molecule has 0 aliphatic heterocycles. The molecule has 9 nitrogen and oxygen atoms in total. The number of aromatic nitrogens is 2. The van der Waals surface area contributed by atoms with E-state index in [1.807, 2.05) is 6.26 Å². The molecule has 5 N–H and O–H groups in total. The summed E-state index contributed by atoms with van der Waals surface area (Å²) < 4.78 is 1.72. The molecule has 0 bridgehead atoms. The lowest BCUT2D eigenvalue weighted by Crippen LogP contribution is -2.53. The van der Waals surface area contributed by atoms with Gasteiger partial charge in [0.15, 0.2) is 0 Å². The van der Waals surface area contributed by atoms with E-state index in [2.05, 4.69) is 15.6 Å². The molecule has 0 spiro atoms. The molecule has 0 aliphatic carbocycles. The summed E-state index contributed by atoms with van der Waals surface area (Å²) in [6.07, 6.45) is 5.49. The summed E-state index contributed by atoms with van der Waals surface area (Å²) in [6, 6.07) is -1.93. The molecule has 0 saturated heterocycles. The maximum atomic E-state index is 12.4. The monoisotopic (exact) mass is 357 g/mol. The van der Waals surface area contributed by atoms with Crippen molar-refractivity contribution in [2.75, 3.05) is 18.6 Å². The number of aryl methyl sites for hydroxylation is 1. The fourth-order valence-corrected chi connectivity index (χ4v) is 2.49. The molecule has 0 aliphatic rings. The summed E-state index contributed by atoms with van der Waals surface area (Å²) in [4.78, 5) is 39.2. The number of carboxylic acids is 1. The van der Waals surface area contributed by atoms with Gasteiger partial charge in [-0.25, -0.2) is 9.78 Å². The van der Waals surface area contributed by atoms with Crippen molar-refractivity contribution >= 4 is 29.5 Å². The minimum atomic E-state index is -1.11. The lowest BCUT2D eigenvalue weighted by Gasteiger charge is -2.21. The summed E-state index contributed by atoms with van der Waals surface area (Å²) >= 11 is 1.49. The zero-order chi connectivity index (χ0) is 18.1. The highest BCUT2D eigenvalue weighted by Gasteiger charge is 2.27. The quantitative estimate of drug-likeness (QED) is 0.409. The topological polar surface area (TPSA) is 139 Å². The van der Waals surface area contributed by atoms with Gasteiger partial charge in [-0.2, -0.15) is 11.8 Å². The number of nitrogens with zero attached hydrogens (tertiary/aromatic N) is 2. The Morgan fingerprint density at radius 1 is 1.38 bits per heavy atom. The molecule has 1 aromatic heterocycles. The van der Waals surface area contributed by atoms with Crippen LogP contribution in [0, 0.1) is 0 Å². The van der Waals surface area contributed by atoms with Gasteiger partial charge in [0.25, 0.3) is 0 Å². The number of nitrogens with two attached hydrogens (primary N) is 1. The van der Waals surface area contributed by atoms with Crippen molar-refractivity contribution in [3.05, 3.63) is 18.2 Å². The fourth-order valence-electron chi connectivity index (χ4n) is 2.02. The van der Waals surface area contributed by atoms with E-state index in [0.29, 0.717) is 12.2 Å². The van der Waals surface area contributed by atoms with Crippen molar-refractivity contribution in [2.45, 2.75) is 24.9 Å². The normalized spacial score (nSPS) is 13.1. The van der Waals surface area contributed by atoms with Crippen LogP contribution in [0.15, 0.2) is 12.5 Å². The predicted octanol–water partition coefficient (Wildman–Crippen LogP) is -1.27. The Kier molecular flexibility index (Phi) is 8.27. The zero-order valence-electron chi connectivity index (χ0n) is 13.7. The van der Waals surface area contributed by atoms with Gasteiger partial charge in [-0.3, -0.25) is 9.59 Å². The molecule has 1 aromatic rings. The Morgan fingerprint density at radius 3 is 2.58 bits per heavy atom. The van der Waals surface area contributed by atoms with Crippen LogP contribution in [0.25, 0.3) is 0 Å². The zero-order valence-corrected chi connectivity index (χ0v) is 14.5. The largest absolute Gasteiger partial charge is 0.480 e. The highest BCUT2D eigenvalue weighted by Crippen LogP contribution is 2.05. The lowest BCUT2D eigenvalue weighted by molar-refractivity contribution is -0.142. The Labute approximate surface area is 144 Å². The molecule has 2 unspecified atom stereocenters. The van der Waals surface area contributed by atoms with Crippen LogP contribution >= 0.6 is 11.8 Å². The maximum Gasteiger partial charge on any atom is 0.326 e. The maximum absolute atomic E-state index is 12.4. The van der Waals surface area contributed by atoms with Crippen molar-refractivity contribution in [2.24, 2.45) is 12.8 Å². The van der Waals surface area contributed by atoms with E-state index >= 15 is 0 Å². The van der Waals surface area contributed by atoms with Crippen LogP contribution in [-0.2, 0) is 27.9 Å². The number of aliphatic carboxylic acids is 1. The van der Waals surface area contributed by atoms with Crippen LogP contribution in [-0.4, -0.2) is 63.1 Å². The summed E-state index contributed by atoms with van der Waals surface area (Å²) in [7, 11) is 1.76.